The molecule has 0 aliphatic rings. The van der Waals surface area contributed by atoms with Crippen LogP contribution in [0.2, 0.25) is 0 Å². The fourth-order valence-corrected chi connectivity index (χ4v) is 7.68. The van der Waals surface area contributed by atoms with Gasteiger partial charge in [0.2, 0.25) is 0 Å². The molecule has 0 heterocycles. The predicted molar refractivity (Wildman–Crippen MR) is 216 cm³/mol. The normalized spacial score (nSPS) is 11.9. The number of ether oxygens (including phenoxy) is 4. The van der Waals surface area contributed by atoms with Crippen molar-refractivity contribution in [3.8, 4) is 23.0 Å². The van der Waals surface area contributed by atoms with Gasteiger partial charge in [-0.2, -0.15) is 0 Å². The lowest BCUT2D eigenvalue weighted by atomic mass is 9.86. The van der Waals surface area contributed by atoms with Gasteiger partial charge in [0.05, 0.1) is 28.4 Å². The molecule has 0 aliphatic carbocycles. The molecule has 1 atom stereocenters. The minimum atomic E-state index is 0.586. The molecule has 0 radical (unpaired) electrons. The molecule has 0 saturated heterocycles. The Kier molecular flexibility index (Phi) is 25.6. The van der Waals surface area contributed by atoms with Gasteiger partial charge >= 0.3 is 0 Å². The molecule has 0 saturated carbocycles. The Labute approximate surface area is 309 Å². The highest BCUT2D eigenvalue weighted by Gasteiger charge is 2.18. The summed E-state index contributed by atoms with van der Waals surface area (Å²) in [6.45, 7) is 4.60. The fourth-order valence-electron chi connectivity index (χ4n) is 7.68. The van der Waals surface area contributed by atoms with Crippen molar-refractivity contribution in [3.05, 3.63) is 47.0 Å². The van der Waals surface area contributed by atoms with Crippen molar-refractivity contribution in [2.45, 2.75) is 193 Å². The number of benzene rings is 2. The first-order chi connectivity index (χ1) is 24.6. The zero-order chi connectivity index (χ0) is 36.1. The quantitative estimate of drug-likeness (QED) is 0.0697. The second-order valence-corrected chi connectivity index (χ2v) is 14.8. The highest BCUT2D eigenvalue weighted by atomic mass is 16.5. The van der Waals surface area contributed by atoms with Crippen molar-refractivity contribution in [3.63, 3.8) is 0 Å². The second-order valence-electron chi connectivity index (χ2n) is 14.8. The van der Waals surface area contributed by atoms with Crippen molar-refractivity contribution in [1.29, 1.82) is 0 Å². The third-order valence-electron chi connectivity index (χ3n) is 10.7. The maximum Gasteiger partial charge on any atom is 0.163 e. The summed E-state index contributed by atoms with van der Waals surface area (Å²) >= 11 is 0. The molecule has 50 heavy (non-hydrogen) atoms. The van der Waals surface area contributed by atoms with Crippen molar-refractivity contribution in [1.82, 2.24) is 0 Å². The van der Waals surface area contributed by atoms with E-state index in [0.29, 0.717) is 5.92 Å². The van der Waals surface area contributed by atoms with E-state index in [-0.39, 0.29) is 0 Å². The minimum Gasteiger partial charge on any atom is -0.493 e. The van der Waals surface area contributed by atoms with Gasteiger partial charge in [-0.1, -0.05) is 167 Å². The van der Waals surface area contributed by atoms with E-state index < -0.39 is 0 Å². The van der Waals surface area contributed by atoms with Gasteiger partial charge in [-0.3, -0.25) is 0 Å². The Morgan fingerprint density at radius 2 is 0.840 bits per heavy atom. The number of rotatable bonds is 33. The first-order valence-corrected chi connectivity index (χ1v) is 21.1. The van der Waals surface area contributed by atoms with Crippen LogP contribution in [0.1, 0.15) is 197 Å². The highest BCUT2D eigenvalue weighted by molar-refractivity contribution is 5.50. The average Bonchev–Trinajstić information content (AvgIpc) is 3.14. The van der Waals surface area contributed by atoms with Gasteiger partial charge in [-0.05, 0) is 73.3 Å². The van der Waals surface area contributed by atoms with Gasteiger partial charge in [0.1, 0.15) is 0 Å². The summed E-state index contributed by atoms with van der Waals surface area (Å²) in [5, 5.41) is 0. The maximum absolute atomic E-state index is 5.95. The van der Waals surface area contributed by atoms with Crippen LogP contribution in [0, 0.1) is 0 Å². The number of aryl methyl sites for hydroxylation is 2. The van der Waals surface area contributed by atoms with E-state index in [2.05, 4.69) is 38.1 Å². The molecule has 0 unspecified atom stereocenters. The molecule has 4 heteroatoms. The summed E-state index contributed by atoms with van der Waals surface area (Å²) in [7, 11) is 7.06. The Morgan fingerprint density at radius 1 is 0.420 bits per heavy atom. The third-order valence-corrected chi connectivity index (χ3v) is 10.7. The van der Waals surface area contributed by atoms with Crippen molar-refractivity contribution in [2.24, 2.45) is 0 Å². The molecule has 0 aromatic heterocycles. The molecule has 0 bridgehead atoms. The average molecular weight is 695 g/mol. The Morgan fingerprint density at radius 3 is 1.30 bits per heavy atom. The molecule has 4 nitrogen and oxygen atoms in total. The number of para-hydroxylation sites is 1. The summed E-state index contributed by atoms with van der Waals surface area (Å²) in [5.74, 6) is 4.17. The van der Waals surface area contributed by atoms with Crippen LogP contribution in [-0.2, 0) is 12.8 Å². The second kappa shape index (κ2) is 29.2. The summed E-state index contributed by atoms with van der Waals surface area (Å²) in [4.78, 5) is 0. The van der Waals surface area contributed by atoms with Gasteiger partial charge in [0.25, 0.3) is 0 Å². The van der Waals surface area contributed by atoms with E-state index in [9.17, 15) is 0 Å². The van der Waals surface area contributed by atoms with E-state index in [1.807, 2.05) is 6.07 Å². The van der Waals surface area contributed by atoms with E-state index in [1.54, 1.807) is 28.4 Å². The van der Waals surface area contributed by atoms with Gasteiger partial charge in [-0.25, -0.2) is 0 Å². The topological polar surface area (TPSA) is 36.9 Å². The number of unbranched alkanes of at least 4 members (excludes halogenated alkanes) is 20. The summed E-state index contributed by atoms with van der Waals surface area (Å²) in [5.41, 5.74) is 4.06. The highest BCUT2D eigenvalue weighted by Crippen LogP contribution is 2.39. The van der Waals surface area contributed by atoms with E-state index >= 15 is 0 Å². The van der Waals surface area contributed by atoms with Crippen LogP contribution in [0.3, 0.4) is 0 Å². The molecule has 0 aliphatic heterocycles. The lowest BCUT2D eigenvalue weighted by Gasteiger charge is -2.22. The van der Waals surface area contributed by atoms with E-state index in [0.717, 1.165) is 35.8 Å². The number of methoxy groups -OCH3 is 4. The van der Waals surface area contributed by atoms with Crippen LogP contribution < -0.4 is 18.9 Å². The summed E-state index contributed by atoms with van der Waals surface area (Å²) in [6, 6.07) is 11.0. The largest absolute Gasteiger partial charge is 0.493 e. The van der Waals surface area contributed by atoms with E-state index in [4.69, 9.17) is 18.9 Å². The lowest BCUT2D eigenvalue weighted by molar-refractivity contribution is 0.350. The van der Waals surface area contributed by atoms with Crippen molar-refractivity contribution in [2.75, 3.05) is 28.4 Å². The van der Waals surface area contributed by atoms with Gasteiger partial charge in [0, 0.05) is 0 Å². The summed E-state index contributed by atoms with van der Waals surface area (Å²) < 4.78 is 23.0. The van der Waals surface area contributed by atoms with Crippen LogP contribution in [0.15, 0.2) is 30.3 Å². The lowest BCUT2D eigenvalue weighted by Crippen LogP contribution is -2.04. The monoisotopic (exact) mass is 695 g/mol. The van der Waals surface area contributed by atoms with Crippen LogP contribution in [0.5, 0.6) is 23.0 Å². The van der Waals surface area contributed by atoms with Crippen molar-refractivity contribution < 1.29 is 18.9 Å². The molecule has 2 rings (SSSR count). The molecule has 0 fully saturated rings. The standard InChI is InChI=1S/C46H78O4/c1-7-9-11-13-14-15-16-17-18-19-20-23-29-34-41-37-42(38-44(48-4)46(41)50-6)39(31-26-22-12-10-8-2)32-27-24-21-25-28-33-40-35-30-36-43(47-3)45(40)49-5/h30,35-39H,7-29,31-34H2,1-6H3/t39-/m1/s1. The Hall–Kier alpha value is -2.36. The molecule has 0 spiro atoms. The number of hydrogen-bond acceptors (Lipinski definition) is 4. The van der Waals surface area contributed by atoms with Gasteiger partial charge < -0.3 is 18.9 Å². The smallest absolute Gasteiger partial charge is 0.163 e. The van der Waals surface area contributed by atoms with Crippen LogP contribution in [-0.4, -0.2) is 28.4 Å². The van der Waals surface area contributed by atoms with Crippen LogP contribution >= 0.6 is 0 Å². The fraction of sp³-hybridized carbons (Fsp3) is 0.739. The Balaban J connectivity index is 1.88. The molecule has 2 aromatic rings. The van der Waals surface area contributed by atoms with Crippen LogP contribution in [0.4, 0.5) is 0 Å². The summed E-state index contributed by atoms with van der Waals surface area (Å²) in [6.07, 6.45) is 35.6. The minimum absolute atomic E-state index is 0.586. The third kappa shape index (κ3) is 17.7. The predicted octanol–water partition coefficient (Wildman–Crippen LogP) is 14.4. The van der Waals surface area contributed by atoms with E-state index in [1.165, 1.54) is 177 Å². The first kappa shape index (κ1) is 43.8. The molecular formula is C46H78O4. The first-order valence-electron chi connectivity index (χ1n) is 21.1. The molecule has 2 aromatic carbocycles. The van der Waals surface area contributed by atoms with Crippen LogP contribution in [0.25, 0.3) is 0 Å². The maximum atomic E-state index is 5.95. The number of hydrogen-bond donors (Lipinski definition) is 0. The molecule has 0 amide bonds. The zero-order valence-corrected chi connectivity index (χ0v) is 33.7. The van der Waals surface area contributed by atoms with Gasteiger partial charge in [0.15, 0.2) is 23.0 Å². The molecule has 286 valence electrons. The molecule has 0 N–H and O–H groups in total. The van der Waals surface area contributed by atoms with Crippen molar-refractivity contribution >= 4 is 0 Å². The zero-order valence-electron chi connectivity index (χ0n) is 33.7. The van der Waals surface area contributed by atoms with Gasteiger partial charge in [-0.15, -0.1) is 0 Å². The molecular weight excluding hydrogens is 617 g/mol. The Bertz CT molecular complexity index is 1100. The SMILES string of the molecule is CCCCCCCCCCCCCCCc1cc([C@H](CCCCCCC)CCCCCCCc2cccc(OC)c2OC)cc(OC)c1OC.